The predicted octanol–water partition coefficient (Wildman–Crippen LogP) is 1.87. The van der Waals surface area contributed by atoms with E-state index in [0.717, 1.165) is 12.2 Å². The molecule has 0 aliphatic carbocycles. The number of amidine groups is 1. The van der Waals surface area contributed by atoms with E-state index in [9.17, 15) is 19.6 Å². The topological polar surface area (TPSA) is 143 Å². The summed E-state index contributed by atoms with van der Waals surface area (Å²) < 4.78 is 25.9. The van der Waals surface area contributed by atoms with E-state index in [4.69, 9.17) is 14.6 Å². The van der Waals surface area contributed by atoms with Crippen LogP contribution in [0.3, 0.4) is 0 Å². The second kappa shape index (κ2) is 13.7. The largest absolute Gasteiger partial charge is 0.486 e. The van der Waals surface area contributed by atoms with Crippen LogP contribution in [-0.2, 0) is 9.53 Å². The molecule has 0 spiro atoms. The van der Waals surface area contributed by atoms with Gasteiger partial charge in [-0.15, -0.1) is 0 Å². The van der Waals surface area contributed by atoms with Gasteiger partial charge in [0.05, 0.1) is 37.1 Å². The number of hydrogen-bond donors (Lipinski definition) is 2. The number of ether oxygens (including phenoxy) is 2. The minimum Gasteiger partial charge on any atom is -0.486 e. The zero-order valence-electron chi connectivity index (χ0n) is 21.9. The molecule has 2 aliphatic rings. The van der Waals surface area contributed by atoms with Gasteiger partial charge in [-0.05, 0) is 49.2 Å². The van der Waals surface area contributed by atoms with Crippen LogP contribution in [0.2, 0.25) is 0 Å². The third kappa shape index (κ3) is 7.06. The van der Waals surface area contributed by atoms with E-state index in [1.54, 1.807) is 12.1 Å². The van der Waals surface area contributed by atoms with Crippen molar-refractivity contribution in [2.75, 3.05) is 50.9 Å². The van der Waals surface area contributed by atoms with Gasteiger partial charge in [0.1, 0.15) is 30.9 Å². The highest BCUT2D eigenvalue weighted by Crippen LogP contribution is 2.26. The lowest BCUT2D eigenvalue weighted by atomic mass is 10.0. The Morgan fingerprint density at radius 1 is 1.23 bits per heavy atom. The Kier molecular flexibility index (Phi) is 9.91. The number of nitriles is 1. The third-order valence-corrected chi connectivity index (χ3v) is 6.70. The summed E-state index contributed by atoms with van der Waals surface area (Å²) in [6.07, 6.45) is -0.909. The number of aliphatic hydroxyl groups is 2. The molecule has 2 N–H and O–H groups in total. The molecule has 11 nitrogen and oxygen atoms in total. The van der Waals surface area contributed by atoms with E-state index in [0.29, 0.717) is 24.4 Å². The number of piperidine rings is 1. The van der Waals surface area contributed by atoms with Crippen LogP contribution < -0.4 is 9.64 Å². The fraction of sp³-hybridized carbons (Fsp3) is 0.393. The fourth-order valence-electron chi connectivity index (χ4n) is 4.54. The van der Waals surface area contributed by atoms with Crippen LogP contribution in [0.5, 0.6) is 5.75 Å². The molecule has 3 atom stereocenters. The number of aliphatic hydroxyl groups excluding tert-OH is 2. The number of likely N-dealkylation sites (tertiary alicyclic amines) is 1. The molecule has 0 aromatic heterocycles. The molecule has 2 aromatic rings. The first-order valence-electron chi connectivity index (χ1n) is 12.8. The van der Waals surface area contributed by atoms with Crippen LogP contribution in [0.25, 0.3) is 0 Å². The van der Waals surface area contributed by atoms with Gasteiger partial charge in [0.25, 0.3) is 0 Å². The number of halogens is 1. The first-order chi connectivity index (χ1) is 19.4. The van der Waals surface area contributed by atoms with Gasteiger partial charge >= 0.3 is 0 Å². The van der Waals surface area contributed by atoms with Crippen LogP contribution in [0, 0.1) is 11.3 Å². The van der Waals surface area contributed by atoms with Crippen LogP contribution >= 0.6 is 0 Å². The normalized spacial score (nSPS) is 21.8. The average Bonchev–Trinajstić information content (AvgIpc) is 3.00. The van der Waals surface area contributed by atoms with Gasteiger partial charge in [0.15, 0.2) is 12.0 Å². The minimum atomic E-state index is -1.46. The smallest absolute Gasteiger partial charge is 0.248 e. The lowest BCUT2D eigenvalue weighted by molar-refractivity contribution is -0.138. The number of anilines is 1. The molecule has 4 rings (SSSR count). The molecule has 40 heavy (non-hydrogen) atoms. The third-order valence-electron chi connectivity index (χ3n) is 6.70. The maximum absolute atomic E-state index is 14.6. The Hall–Kier alpha value is -4.18. The van der Waals surface area contributed by atoms with Gasteiger partial charge in [-0.25, -0.2) is 19.4 Å². The summed E-state index contributed by atoms with van der Waals surface area (Å²) >= 11 is 0. The van der Waals surface area contributed by atoms with Gasteiger partial charge in [-0.1, -0.05) is 0 Å². The van der Waals surface area contributed by atoms with Crippen molar-refractivity contribution in [2.24, 2.45) is 15.0 Å². The van der Waals surface area contributed by atoms with Gasteiger partial charge in [-0.3, -0.25) is 4.79 Å². The van der Waals surface area contributed by atoms with Gasteiger partial charge in [0.2, 0.25) is 5.91 Å². The molecule has 210 valence electrons. The Bertz CT molecular complexity index is 1300. The van der Waals surface area contributed by atoms with E-state index in [2.05, 4.69) is 32.7 Å². The summed E-state index contributed by atoms with van der Waals surface area (Å²) in [5.74, 6) is -0.0769. The number of alkyl halides is 1. The molecule has 0 radical (unpaired) electrons. The molecule has 2 aliphatic heterocycles. The summed E-state index contributed by atoms with van der Waals surface area (Å²) in [7, 11) is 0. The zero-order valence-corrected chi connectivity index (χ0v) is 21.9. The molecule has 2 fully saturated rings. The zero-order chi connectivity index (χ0) is 28.5. The SMILES string of the molecule is C=NC(=NC=Nc1ccc(N2CCOC(CO)C2)cc1)c1ccc(OC2CCN(C(=O)CO)C[C@H]2F)c(C#N)c1. The minimum absolute atomic E-state index is 0.0189. The maximum atomic E-state index is 14.6. The molecule has 2 aromatic carbocycles. The van der Waals surface area contributed by atoms with Gasteiger partial charge in [0, 0.05) is 37.3 Å². The van der Waals surface area contributed by atoms with E-state index < -0.39 is 24.8 Å². The van der Waals surface area contributed by atoms with E-state index >= 15 is 0 Å². The number of hydrogen-bond acceptors (Lipinski definition) is 8. The number of aliphatic imine (C=N–C) groups is 3. The molecule has 2 unspecified atom stereocenters. The Morgan fingerprint density at radius 3 is 2.70 bits per heavy atom. The van der Waals surface area contributed by atoms with Crippen molar-refractivity contribution >= 4 is 36.2 Å². The van der Waals surface area contributed by atoms with Crippen molar-refractivity contribution in [3.63, 3.8) is 0 Å². The van der Waals surface area contributed by atoms with Crippen LogP contribution in [0.4, 0.5) is 15.8 Å². The van der Waals surface area contributed by atoms with Crippen molar-refractivity contribution < 1.29 is 28.9 Å². The molecule has 1 amide bonds. The van der Waals surface area contributed by atoms with Crippen molar-refractivity contribution in [3.8, 4) is 11.8 Å². The van der Waals surface area contributed by atoms with Crippen LogP contribution in [0.1, 0.15) is 17.5 Å². The van der Waals surface area contributed by atoms with Crippen molar-refractivity contribution in [3.05, 3.63) is 53.6 Å². The van der Waals surface area contributed by atoms with E-state index in [1.807, 2.05) is 24.3 Å². The van der Waals surface area contributed by atoms with E-state index in [1.165, 1.54) is 17.3 Å². The number of carbonyl (C=O) groups excluding carboxylic acids is 1. The highest BCUT2D eigenvalue weighted by atomic mass is 19.1. The standard InChI is InChI=1S/C28H31FN6O5/c1-31-28(33-18-32-21-3-5-22(6-4-21)34-10-11-39-23(14-34)16-36)19-2-7-25(20(12-19)13-30)40-26-8-9-35(15-24(26)29)27(38)17-37/h2-7,12,18,23-24,26,36-37H,1,8-11,14-17H2/t23?,24-,26?/m1/s1. The highest BCUT2D eigenvalue weighted by molar-refractivity contribution is 6.05. The molecular formula is C28H31FN6O5. The number of nitrogens with zero attached hydrogens (tertiary/aromatic N) is 6. The molecule has 0 bridgehead atoms. The Labute approximate surface area is 231 Å². The van der Waals surface area contributed by atoms with Crippen molar-refractivity contribution in [2.45, 2.75) is 24.8 Å². The summed E-state index contributed by atoms with van der Waals surface area (Å²) in [4.78, 5) is 27.6. The quantitative estimate of drug-likeness (QED) is 0.377. The summed E-state index contributed by atoms with van der Waals surface area (Å²) in [6, 6.07) is 14.4. The first kappa shape index (κ1) is 28.8. The maximum Gasteiger partial charge on any atom is 0.248 e. The summed E-state index contributed by atoms with van der Waals surface area (Å²) in [5.41, 5.74) is 2.37. The number of amides is 1. The Morgan fingerprint density at radius 2 is 2.02 bits per heavy atom. The fourth-order valence-corrected chi connectivity index (χ4v) is 4.54. The highest BCUT2D eigenvalue weighted by Gasteiger charge is 2.33. The lowest BCUT2D eigenvalue weighted by Gasteiger charge is -2.34. The average molecular weight is 551 g/mol. The molecule has 12 heteroatoms. The number of benzene rings is 2. The van der Waals surface area contributed by atoms with Crippen LogP contribution in [0.15, 0.2) is 57.4 Å². The molecular weight excluding hydrogens is 519 g/mol. The first-order valence-corrected chi connectivity index (χ1v) is 12.8. The number of rotatable bonds is 8. The summed E-state index contributed by atoms with van der Waals surface area (Å²) in [6.45, 7) is 4.86. The van der Waals surface area contributed by atoms with Crippen molar-refractivity contribution in [1.29, 1.82) is 5.26 Å². The second-order valence-electron chi connectivity index (χ2n) is 9.27. The molecule has 2 heterocycles. The summed E-state index contributed by atoms with van der Waals surface area (Å²) in [5, 5.41) is 28.0. The lowest BCUT2D eigenvalue weighted by Crippen LogP contribution is -2.50. The van der Waals surface area contributed by atoms with E-state index in [-0.39, 0.29) is 49.4 Å². The van der Waals surface area contributed by atoms with Crippen LogP contribution in [-0.4, -0.2) is 104 Å². The van der Waals surface area contributed by atoms with Gasteiger partial charge < -0.3 is 29.5 Å². The van der Waals surface area contributed by atoms with Crippen molar-refractivity contribution in [1.82, 2.24) is 4.90 Å². The second-order valence-corrected chi connectivity index (χ2v) is 9.27. The monoisotopic (exact) mass is 550 g/mol. The molecule has 0 saturated carbocycles. The Balaban J connectivity index is 1.40. The number of carbonyl (C=O) groups is 1. The predicted molar refractivity (Wildman–Crippen MR) is 148 cm³/mol. The van der Waals surface area contributed by atoms with Gasteiger partial charge in [-0.2, -0.15) is 5.26 Å². The molecule has 2 saturated heterocycles. The number of morpholine rings is 1.